The predicted molar refractivity (Wildman–Crippen MR) is 163 cm³/mol. The fourth-order valence-corrected chi connectivity index (χ4v) is 6.50. The SMILES string of the molecule is C=CC(C1=Cc2[nH]c(c(CC)c2C)/C=c2\[nH]c3c(c2C)C(=O)CC=3C2=NC(=C1)[C@@H](C)C2CCC(C)=O)=C(C)C=N. The molecular formula is C34H38N4O2. The van der Waals surface area contributed by atoms with E-state index in [1.165, 1.54) is 17.3 Å². The van der Waals surface area contributed by atoms with E-state index < -0.39 is 0 Å². The summed E-state index contributed by atoms with van der Waals surface area (Å²) in [6.07, 6.45) is 11.8. The van der Waals surface area contributed by atoms with Crippen molar-refractivity contribution in [2.24, 2.45) is 16.8 Å². The Labute approximate surface area is 235 Å². The van der Waals surface area contributed by atoms with Gasteiger partial charge in [0, 0.05) is 64.5 Å². The molecule has 2 atom stereocenters. The summed E-state index contributed by atoms with van der Waals surface area (Å²) < 4.78 is 0. The molecule has 1 unspecified atom stereocenters. The maximum absolute atomic E-state index is 13.4. The first-order valence-corrected chi connectivity index (χ1v) is 14.1. The number of carbonyl (C=O) groups excluding carboxylic acids is 2. The van der Waals surface area contributed by atoms with Gasteiger partial charge in [0.1, 0.15) is 5.78 Å². The van der Waals surface area contributed by atoms with Crippen LogP contribution in [-0.4, -0.2) is 33.5 Å². The molecule has 6 nitrogen and oxygen atoms in total. The Kier molecular flexibility index (Phi) is 7.21. The standard InChI is InChI=1S/C34H38N4O2/c1-8-23(17(3)16-35)22-12-27-19(5)24(9-2)30(36-27)15-29-21(7)32-31(40)14-26(34(32)38-29)33-25(11-10-18(4)39)20(6)28(13-22)37-33/h8,12-13,15-16,20,25,35-36,38H,1,9-11,14H2,2-7H3/b22-12?,22-13?,23-17?,27-12?,28-13?,29-15-,30-15?,33-26?,35-16?/t20-,25?/m0/s1. The van der Waals surface area contributed by atoms with Gasteiger partial charge in [-0.15, -0.1) is 0 Å². The second-order valence-electron chi connectivity index (χ2n) is 11.3. The second-order valence-corrected chi connectivity index (χ2v) is 11.3. The average Bonchev–Trinajstić information content (AvgIpc) is 3.60. The molecule has 2 aromatic heterocycles. The number of ketones is 2. The van der Waals surface area contributed by atoms with E-state index in [0.717, 1.165) is 73.3 Å². The maximum atomic E-state index is 13.4. The molecule has 0 aromatic carbocycles. The molecule has 3 N–H and O–H groups in total. The normalized spacial score (nSPS) is 21.1. The lowest BCUT2D eigenvalue weighted by Crippen LogP contribution is -2.23. The predicted octanol–water partition coefficient (Wildman–Crippen LogP) is 5.60. The molecule has 206 valence electrons. The number of nitrogens with zero attached hydrogens (tertiary/aromatic N) is 1. The quantitative estimate of drug-likeness (QED) is 0.318. The summed E-state index contributed by atoms with van der Waals surface area (Å²) in [4.78, 5) is 37.8. The topological polar surface area (TPSA) is 102 Å². The summed E-state index contributed by atoms with van der Waals surface area (Å²) >= 11 is 0. The minimum Gasteiger partial charge on any atom is -0.355 e. The number of nitrogens with one attached hydrogen (secondary N) is 3. The highest BCUT2D eigenvalue weighted by Gasteiger charge is 2.38. The van der Waals surface area contributed by atoms with E-state index in [1.54, 1.807) is 13.0 Å². The van der Waals surface area contributed by atoms with E-state index in [1.807, 2.05) is 13.8 Å². The van der Waals surface area contributed by atoms with Gasteiger partial charge in [0.05, 0.1) is 11.1 Å². The zero-order chi connectivity index (χ0) is 28.9. The van der Waals surface area contributed by atoms with Crippen LogP contribution in [0.5, 0.6) is 0 Å². The first-order valence-electron chi connectivity index (χ1n) is 14.1. The smallest absolute Gasteiger partial charge is 0.169 e. The number of aromatic nitrogens is 2. The zero-order valence-corrected chi connectivity index (χ0v) is 24.3. The van der Waals surface area contributed by atoms with Crippen LogP contribution in [-0.2, 0) is 11.2 Å². The summed E-state index contributed by atoms with van der Waals surface area (Å²) in [5.74, 6) is 0.340. The van der Waals surface area contributed by atoms with Crippen molar-refractivity contribution in [3.05, 3.63) is 85.5 Å². The summed E-state index contributed by atoms with van der Waals surface area (Å²) in [7, 11) is 0. The van der Waals surface area contributed by atoms with Crippen LogP contribution in [0.1, 0.15) is 85.4 Å². The summed E-state index contributed by atoms with van der Waals surface area (Å²) in [5, 5.41) is 9.74. The van der Waals surface area contributed by atoms with Crippen molar-refractivity contribution in [1.82, 2.24) is 9.97 Å². The van der Waals surface area contributed by atoms with Gasteiger partial charge in [-0.2, -0.15) is 0 Å². The van der Waals surface area contributed by atoms with Gasteiger partial charge in [0.25, 0.3) is 0 Å². The molecule has 6 heteroatoms. The lowest BCUT2D eigenvalue weighted by Gasteiger charge is -2.18. The van der Waals surface area contributed by atoms with Gasteiger partial charge in [-0.1, -0.05) is 26.5 Å². The Morgan fingerprint density at radius 3 is 2.55 bits per heavy atom. The molecule has 0 fully saturated rings. The number of fused-ring (bicyclic) bond motifs is 5. The Hall–Kier alpha value is -4.06. The van der Waals surface area contributed by atoms with Crippen LogP contribution < -0.4 is 10.7 Å². The van der Waals surface area contributed by atoms with Crippen molar-refractivity contribution in [3.8, 4) is 0 Å². The van der Waals surface area contributed by atoms with Crippen molar-refractivity contribution in [1.29, 1.82) is 5.41 Å². The van der Waals surface area contributed by atoms with Gasteiger partial charge in [0.15, 0.2) is 5.78 Å². The third-order valence-electron chi connectivity index (χ3n) is 8.85. The Bertz CT molecular complexity index is 1730. The molecule has 0 radical (unpaired) electrons. The monoisotopic (exact) mass is 534 g/mol. The summed E-state index contributed by atoms with van der Waals surface area (Å²) in [6, 6.07) is 0. The van der Waals surface area contributed by atoms with Gasteiger partial charge < -0.3 is 20.2 Å². The van der Waals surface area contributed by atoms with Crippen LogP contribution in [0.3, 0.4) is 0 Å². The highest BCUT2D eigenvalue weighted by Crippen LogP contribution is 2.40. The van der Waals surface area contributed by atoms with Crippen LogP contribution in [0, 0.1) is 31.1 Å². The van der Waals surface area contributed by atoms with Crippen LogP contribution in [0.2, 0.25) is 0 Å². The number of hydrogen-bond donors (Lipinski definition) is 3. The highest BCUT2D eigenvalue weighted by atomic mass is 16.1. The molecule has 3 aliphatic rings. The van der Waals surface area contributed by atoms with Gasteiger partial charge in [0.2, 0.25) is 0 Å². The van der Waals surface area contributed by atoms with Crippen molar-refractivity contribution in [3.63, 3.8) is 0 Å². The molecule has 0 amide bonds. The Morgan fingerprint density at radius 1 is 1.15 bits per heavy atom. The molecule has 0 saturated carbocycles. The van der Waals surface area contributed by atoms with E-state index in [-0.39, 0.29) is 23.4 Å². The molecule has 5 rings (SSSR count). The Balaban J connectivity index is 1.89. The first-order chi connectivity index (χ1) is 19.1. The molecule has 2 aliphatic heterocycles. The number of hydrogen-bond acceptors (Lipinski definition) is 4. The lowest BCUT2D eigenvalue weighted by molar-refractivity contribution is -0.117. The van der Waals surface area contributed by atoms with Gasteiger partial charge in [-0.05, 0) is 92.2 Å². The van der Waals surface area contributed by atoms with Crippen LogP contribution in [0.4, 0.5) is 0 Å². The van der Waals surface area contributed by atoms with Gasteiger partial charge in [-0.25, -0.2) is 0 Å². The number of aromatic amines is 2. The second kappa shape index (κ2) is 10.5. The van der Waals surface area contributed by atoms with E-state index in [0.29, 0.717) is 19.3 Å². The minimum atomic E-state index is 0.0243. The van der Waals surface area contributed by atoms with Crippen LogP contribution >= 0.6 is 0 Å². The average molecular weight is 535 g/mol. The molecule has 2 aromatic rings. The first kappa shape index (κ1) is 27.5. The number of carbonyl (C=O) groups is 2. The molecule has 0 spiro atoms. The number of Topliss-reactive ketones (excluding diaryl/α,β-unsaturated/α-hetero) is 2. The third-order valence-corrected chi connectivity index (χ3v) is 8.85. The molecule has 40 heavy (non-hydrogen) atoms. The van der Waals surface area contributed by atoms with Crippen molar-refractivity contribution in [2.75, 3.05) is 0 Å². The number of rotatable bonds is 7. The Morgan fingerprint density at radius 2 is 1.90 bits per heavy atom. The molecular weight excluding hydrogens is 496 g/mol. The number of allylic oxidation sites excluding steroid dienone is 6. The summed E-state index contributed by atoms with van der Waals surface area (Å²) in [5.41, 5.74) is 11.5. The van der Waals surface area contributed by atoms with E-state index >= 15 is 0 Å². The third kappa shape index (κ3) is 4.45. The van der Waals surface area contributed by atoms with Gasteiger partial charge in [-0.3, -0.25) is 9.79 Å². The molecule has 4 heterocycles. The van der Waals surface area contributed by atoms with E-state index in [2.05, 4.69) is 55.5 Å². The number of aliphatic imine (C=N–C) groups is 1. The van der Waals surface area contributed by atoms with Gasteiger partial charge >= 0.3 is 0 Å². The fourth-order valence-electron chi connectivity index (χ4n) is 6.50. The van der Waals surface area contributed by atoms with Crippen molar-refractivity contribution < 1.29 is 9.59 Å². The summed E-state index contributed by atoms with van der Waals surface area (Å²) in [6.45, 7) is 16.1. The molecule has 0 saturated heterocycles. The highest BCUT2D eigenvalue weighted by molar-refractivity contribution is 6.28. The lowest BCUT2D eigenvalue weighted by atomic mass is 9.82. The van der Waals surface area contributed by atoms with E-state index in [4.69, 9.17) is 10.4 Å². The largest absolute Gasteiger partial charge is 0.355 e. The zero-order valence-electron chi connectivity index (χ0n) is 24.3. The minimum absolute atomic E-state index is 0.0243. The number of H-pyrrole nitrogens is 2. The molecule has 1 aliphatic carbocycles. The maximum Gasteiger partial charge on any atom is 0.169 e. The van der Waals surface area contributed by atoms with Crippen molar-refractivity contribution in [2.45, 2.75) is 67.2 Å². The van der Waals surface area contributed by atoms with Crippen molar-refractivity contribution >= 4 is 41.2 Å². The molecule has 6 bridgehead atoms. The van der Waals surface area contributed by atoms with Crippen LogP contribution in [0.25, 0.3) is 17.7 Å². The van der Waals surface area contributed by atoms with Crippen LogP contribution in [0.15, 0.2) is 46.1 Å². The van der Waals surface area contributed by atoms with E-state index in [9.17, 15) is 9.59 Å². The fraction of sp³-hybridized carbons (Fsp3) is 0.353.